The van der Waals surface area contributed by atoms with E-state index in [0.29, 0.717) is 33.3 Å². The molecule has 172 valence electrons. The van der Waals surface area contributed by atoms with Crippen molar-refractivity contribution in [2.75, 3.05) is 20.8 Å². The van der Waals surface area contributed by atoms with E-state index in [0.717, 1.165) is 35.4 Å². The van der Waals surface area contributed by atoms with Crippen molar-refractivity contribution in [2.24, 2.45) is 0 Å². The summed E-state index contributed by atoms with van der Waals surface area (Å²) in [6.45, 7) is 4.91. The standard InChI is InChI=1S/C24H25ClN4O3S/c1-5-11-29-14(2)20(23-27-22(28-32-23)16-7-6-8-17(25)12-16)21(26-24(29)33)15-9-10-18(30-3)19(13-15)31-4/h6-10,12-13,21H,5,11H2,1-4H3,(H,26,33). The number of halogens is 1. The summed E-state index contributed by atoms with van der Waals surface area (Å²) in [5, 5.41) is 8.91. The van der Waals surface area contributed by atoms with E-state index >= 15 is 0 Å². The van der Waals surface area contributed by atoms with E-state index in [1.165, 1.54) is 0 Å². The summed E-state index contributed by atoms with van der Waals surface area (Å²) < 4.78 is 16.7. The molecule has 1 unspecified atom stereocenters. The lowest BCUT2D eigenvalue weighted by Crippen LogP contribution is -2.46. The second kappa shape index (κ2) is 9.80. The number of aromatic nitrogens is 2. The molecular formula is C24H25ClN4O3S. The number of hydrogen-bond donors (Lipinski definition) is 1. The minimum absolute atomic E-state index is 0.307. The smallest absolute Gasteiger partial charge is 0.258 e. The lowest BCUT2D eigenvalue weighted by Gasteiger charge is -2.37. The third kappa shape index (κ3) is 4.54. The fourth-order valence-electron chi connectivity index (χ4n) is 3.91. The van der Waals surface area contributed by atoms with Crippen LogP contribution in [0.3, 0.4) is 0 Å². The number of hydrogen-bond acceptors (Lipinski definition) is 6. The van der Waals surface area contributed by atoms with Crippen LogP contribution in [-0.4, -0.2) is 40.9 Å². The molecule has 1 N–H and O–H groups in total. The quantitative estimate of drug-likeness (QED) is 0.442. The van der Waals surface area contributed by atoms with Crippen LogP contribution >= 0.6 is 23.8 Å². The Hall–Kier alpha value is -3.10. The summed E-state index contributed by atoms with van der Waals surface area (Å²) in [6.07, 6.45) is 0.936. The van der Waals surface area contributed by atoms with E-state index in [4.69, 9.17) is 42.8 Å². The molecule has 1 atom stereocenters. The summed E-state index contributed by atoms with van der Waals surface area (Å²) in [7, 11) is 3.22. The number of thiocarbonyl (C=S) groups is 1. The van der Waals surface area contributed by atoms with Gasteiger partial charge in [0.15, 0.2) is 16.6 Å². The molecular weight excluding hydrogens is 460 g/mol. The van der Waals surface area contributed by atoms with E-state index in [1.807, 2.05) is 37.3 Å². The number of allylic oxidation sites excluding steroid dienone is 1. The molecule has 33 heavy (non-hydrogen) atoms. The van der Waals surface area contributed by atoms with Gasteiger partial charge in [-0.3, -0.25) is 0 Å². The molecule has 1 aliphatic heterocycles. The van der Waals surface area contributed by atoms with Crippen LogP contribution in [-0.2, 0) is 0 Å². The highest BCUT2D eigenvalue weighted by Gasteiger charge is 2.34. The molecule has 3 aromatic rings. The largest absolute Gasteiger partial charge is 0.493 e. The summed E-state index contributed by atoms with van der Waals surface area (Å²) >= 11 is 11.9. The molecule has 1 aliphatic rings. The molecule has 0 radical (unpaired) electrons. The number of ether oxygens (including phenoxy) is 2. The highest BCUT2D eigenvalue weighted by Crippen LogP contribution is 2.40. The number of benzene rings is 2. The van der Waals surface area contributed by atoms with Gasteiger partial charge in [0.05, 0.1) is 25.8 Å². The van der Waals surface area contributed by atoms with Gasteiger partial charge < -0.3 is 24.2 Å². The van der Waals surface area contributed by atoms with E-state index in [2.05, 4.69) is 22.3 Å². The maximum Gasteiger partial charge on any atom is 0.258 e. The summed E-state index contributed by atoms with van der Waals surface area (Å²) in [4.78, 5) is 6.77. The van der Waals surface area contributed by atoms with Crippen LogP contribution in [0.1, 0.15) is 37.8 Å². The van der Waals surface area contributed by atoms with Gasteiger partial charge in [-0.2, -0.15) is 4.98 Å². The predicted molar refractivity (Wildman–Crippen MR) is 132 cm³/mol. The van der Waals surface area contributed by atoms with Gasteiger partial charge in [-0.1, -0.05) is 41.9 Å². The summed E-state index contributed by atoms with van der Waals surface area (Å²) in [6, 6.07) is 12.8. The van der Waals surface area contributed by atoms with Crippen molar-refractivity contribution < 1.29 is 14.0 Å². The molecule has 1 aromatic heterocycles. The van der Waals surface area contributed by atoms with Gasteiger partial charge in [-0.15, -0.1) is 0 Å². The van der Waals surface area contributed by atoms with Crippen molar-refractivity contribution in [1.82, 2.24) is 20.4 Å². The molecule has 0 aliphatic carbocycles. The number of rotatable bonds is 7. The molecule has 0 saturated carbocycles. The zero-order valence-corrected chi connectivity index (χ0v) is 20.5. The van der Waals surface area contributed by atoms with Gasteiger partial charge in [-0.05, 0) is 55.4 Å². The van der Waals surface area contributed by atoms with Crippen molar-refractivity contribution in [3.8, 4) is 22.9 Å². The second-order valence-corrected chi connectivity index (χ2v) is 8.40. The monoisotopic (exact) mass is 484 g/mol. The average molecular weight is 485 g/mol. The molecule has 0 fully saturated rings. The van der Waals surface area contributed by atoms with Crippen molar-refractivity contribution in [2.45, 2.75) is 26.3 Å². The Balaban J connectivity index is 1.83. The van der Waals surface area contributed by atoms with E-state index in [1.54, 1.807) is 26.4 Å². The zero-order valence-electron chi connectivity index (χ0n) is 18.9. The van der Waals surface area contributed by atoms with Gasteiger partial charge >= 0.3 is 0 Å². The van der Waals surface area contributed by atoms with Gasteiger partial charge in [-0.25, -0.2) is 0 Å². The number of nitrogens with one attached hydrogen (secondary N) is 1. The fraction of sp³-hybridized carbons (Fsp3) is 0.292. The Morgan fingerprint density at radius 2 is 1.94 bits per heavy atom. The predicted octanol–water partition coefficient (Wildman–Crippen LogP) is 5.48. The molecule has 2 aromatic carbocycles. The topological polar surface area (TPSA) is 72.7 Å². The minimum Gasteiger partial charge on any atom is -0.493 e. The van der Waals surface area contributed by atoms with Crippen LogP contribution in [0.4, 0.5) is 0 Å². The summed E-state index contributed by atoms with van der Waals surface area (Å²) in [5.74, 6) is 2.16. The molecule has 0 bridgehead atoms. The highest BCUT2D eigenvalue weighted by molar-refractivity contribution is 7.80. The summed E-state index contributed by atoms with van der Waals surface area (Å²) in [5.41, 5.74) is 3.53. The van der Waals surface area contributed by atoms with Crippen LogP contribution in [0.15, 0.2) is 52.7 Å². The maximum atomic E-state index is 6.15. The van der Waals surface area contributed by atoms with E-state index in [-0.39, 0.29) is 6.04 Å². The van der Waals surface area contributed by atoms with Crippen molar-refractivity contribution in [3.63, 3.8) is 0 Å². The van der Waals surface area contributed by atoms with Gasteiger partial charge in [0, 0.05) is 22.8 Å². The van der Waals surface area contributed by atoms with Crippen LogP contribution < -0.4 is 14.8 Å². The normalized spacial score (nSPS) is 16.1. The Kier molecular flexibility index (Phi) is 6.85. The zero-order chi connectivity index (χ0) is 23.5. The Morgan fingerprint density at radius 1 is 1.15 bits per heavy atom. The highest BCUT2D eigenvalue weighted by atomic mass is 35.5. The lowest BCUT2D eigenvalue weighted by molar-refractivity contribution is 0.354. The third-order valence-corrected chi connectivity index (χ3v) is 6.10. The van der Waals surface area contributed by atoms with Gasteiger partial charge in [0.1, 0.15) is 0 Å². The van der Waals surface area contributed by atoms with Crippen LogP contribution in [0.2, 0.25) is 5.02 Å². The fourth-order valence-corrected chi connectivity index (χ4v) is 4.45. The number of nitrogens with zero attached hydrogens (tertiary/aromatic N) is 3. The molecule has 0 saturated heterocycles. The van der Waals surface area contributed by atoms with Crippen LogP contribution in [0.25, 0.3) is 17.0 Å². The van der Waals surface area contributed by atoms with E-state index in [9.17, 15) is 0 Å². The Bertz CT molecular complexity index is 1210. The first-order chi connectivity index (χ1) is 16.0. The molecule has 4 rings (SSSR count). The van der Waals surface area contributed by atoms with Crippen LogP contribution in [0, 0.1) is 0 Å². The first-order valence-corrected chi connectivity index (χ1v) is 11.4. The van der Waals surface area contributed by atoms with Crippen molar-refractivity contribution >= 4 is 34.5 Å². The Morgan fingerprint density at radius 3 is 2.64 bits per heavy atom. The minimum atomic E-state index is -0.307. The molecule has 9 heteroatoms. The molecule has 0 amide bonds. The van der Waals surface area contributed by atoms with Gasteiger partial charge in [0.25, 0.3) is 5.89 Å². The van der Waals surface area contributed by atoms with Crippen molar-refractivity contribution in [3.05, 3.63) is 64.6 Å². The number of methoxy groups -OCH3 is 2. The molecule has 7 nitrogen and oxygen atoms in total. The third-order valence-electron chi connectivity index (χ3n) is 5.52. The maximum absolute atomic E-state index is 6.15. The Labute approximate surface area is 203 Å². The van der Waals surface area contributed by atoms with E-state index < -0.39 is 0 Å². The molecule has 0 spiro atoms. The SMILES string of the molecule is CCCN1C(=S)NC(c2ccc(OC)c(OC)c2)C(c2nc(-c3cccc(Cl)c3)no2)=C1C. The van der Waals surface area contributed by atoms with Gasteiger partial charge in [0.2, 0.25) is 5.82 Å². The first kappa shape index (κ1) is 23.1. The molecule has 2 heterocycles. The van der Waals surface area contributed by atoms with Crippen LogP contribution in [0.5, 0.6) is 11.5 Å². The van der Waals surface area contributed by atoms with Crippen molar-refractivity contribution in [1.29, 1.82) is 0 Å². The second-order valence-electron chi connectivity index (χ2n) is 7.58. The lowest BCUT2D eigenvalue weighted by atomic mass is 9.94. The first-order valence-electron chi connectivity index (χ1n) is 10.6. The average Bonchev–Trinajstić information content (AvgIpc) is 3.30.